The van der Waals surface area contributed by atoms with Gasteiger partial charge in [-0.2, -0.15) is 0 Å². The maximum atomic E-state index is 13.6. The second-order valence-corrected chi connectivity index (χ2v) is 5.22. The molecule has 3 rings (SSSR count). The van der Waals surface area contributed by atoms with Crippen molar-refractivity contribution in [1.29, 1.82) is 0 Å². The van der Waals surface area contributed by atoms with Crippen LogP contribution in [0.2, 0.25) is 10.0 Å². The Morgan fingerprint density at radius 3 is 2.60 bits per heavy atom. The molecule has 0 amide bonds. The standard InChI is InChI=1S/C15H9Cl2FO2/c16-9-4-5-10(11(17)7-9)14(19)13-6-8-2-1-3-12(18)15(8)20-13/h1-7,14,19H. The summed E-state index contributed by atoms with van der Waals surface area (Å²) in [6.07, 6.45) is -1.08. The van der Waals surface area contributed by atoms with E-state index in [0.717, 1.165) is 0 Å². The molecule has 2 nitrogen and oxygen atoms in total. The van der Waals surface area contributed by atoms with Crippen molar-refractivity contribution in [2.45, 2.75) is 6.10 Å². The van der Waals surface area contributed by atoms with Crippen LogP contribution >= 0.6 is 23.2 Å². The lowest BCUT2D eigenvalue weighted by Gasteiger charge is -2.10. The van der Waals surface area contributed by atoms with E-state index in [0.29, 0.717) is 21.0 Å². The van der Waals surface area contributed by atoms with Crippen LogP contribution in [0.4, 0.5) is 4.39 Å². The number of para-hydroxylation sites is 1. The molecule has 0 aliphatic heterocycles. The minimum absolute atomic E-state index is 0.117. The van der Waals surface area contributed by atoms with Gasteiger partial charge < -0.3 is 9.52 Å². The Kier molecular flexibility index (Phi) is 3.42. The first-order valence-electron chi connectivity index (χ1n) is 5.87. The van der Waals surface area contributed by atoms with Crippen LogP contribution in [0.1, 0.15) is 17.4 Å². The molecule has 0 saturated heterocycles. The van der Waals surface area contributed by atoms with Gasteiger partial charge in [0.05, 0.1) is 0 Å². The van der Waals surface area contributed by atoms with Gasteiger partial charge >= 0.3 is 0 Å². The van der Waals surface area contributed by atoms with Gasteiger partial charge in [-0.3, -0.25) is 0 Å². The molecule has 0 aliphatic carbocycles. The van der Waals surface area contributed by atoms with Gasteiger partial charge in [0.1, 0.15) is 11.9 Å². The van der Waals surface area contributed by atoms with E-state index in [2.05, 4.69) is 0 Å². The summed E-state index contributed by atoms with van der Waals surface area (Å²) in [7, 11) is 0. The zero-order valence-electron chi connectivity index (χ0n) is 10.1. The van der Waals surface area contributed by atoms with Gasteiger partial charge in [-0.1, -0.05) is 41.4 Å². The van der Waals surface area contributed by atoms with Crippen molar-refractivity contribution >= 4 is 34.2 Å². The van der Waals surface area contributed by atoms with Crippen LogP contribution in [0.15, 0.2) is 46.9 Å². The monoisotopic (exact) mass is 310 g/mol. The fourth-order valence-corrected chi connectivity index (χ4v) is 2.57. The lowest BCUT2D eigenvalue weighted by Crippen LogP contribution is -1.98. The average Bonchev–Trinajstić information content (AvgIpc) is 2.83. The Labute approximate surface area is 124 Å². The topological polar surface area (TPSA) is 33.4 Å². The third-order valence-electron chi connectivity index (χ3n) is 3.04. The summed E-state index contributed by atoms with van der Waals surface area (Å²) in [5.74, 6) is -0.238. The van der Waals surface area contributed by atoms with E-state index in [1.54, 1.807) is 30.3 Å². The molecular formula is C15H9Cl2FO2. The van der Waals surface area contributed by atoms with Crippen molar-refractivity contribution in [3.63, 3.8) is 0 Å². The fourth-order valence-electron chi connectivity index (χ4n) is 2.06. The third kappa shape index (κ3) is 2.29. The van der Waals surface area contributed by atoms with E-state index in [1.807, 2.05) is 0 Å². The Hall–Kier alpha value is -1.55. The highest BCUT2D eigenvalue weighted by Gasteiger charge is 2.19. The summed E-state index contributed by atoms with van der Waals surface area (Å²) in [5.41, 5.74) is 0.571. The summed E-state index contributed by atoms with van der Waals surface area (Å²) in [6.45, 7) is 0. The van der Waals surface area contributed by atoms with Crippen molar-refractivity contribution in [2.24, 2.45) is 0 Å². The Bertz CT molecular complexity index is 783. The molecule has 1 N–H and O–H groups in total. The minimum atomic E-state index is -1.08. The largest absolute Gasteiger partial charge is 0.455 e. The van der Waals surface area contributed by atoms with Crippen LogP contribution in [-0.2, 0) is 0 Å². The molecule has 0 radical (unpaired) electrons. The highest BCUT2D eigenvalue weighted by molar-refractivity contribution is 6.35. The van der Waals surface area contributed by atoms with Crippen LogP contribution in [0, 0.1) is 5.82 Å². The summed E-state index contributed by atoms with van der Waals surface area (Å²) in [4.78, 5) is 0. The van der Waals surface area contributed by atoms with Crippen LogP contribution in [0.25, 0.3) is 11.0 Å². The molecule has 0 bridgehead atoms. The molecule has 1 aromatic heterocycles. The predicted molar refractivity (Wildman–Crippen MR) is 76.7 cm³/mol. The van der Waals surface area contributed by atoms with Gasteiger partial charge in [-0.05, 0) is 24.3 Å². The summed E-state index contributed by atoms with van der Waals surface area (Å²) < 4.78 is 19.0. The van der Waals surface area contributed by atoms with Gasteiger partial charge in [0, 0.05) is 21.0 Å². The second kappa shape index (κ2) is 5.09. The van der Waals surface area contributed by atoms with E-state index >= 15 is 0 Å². The van der Waals surface area contributed by atoms with Crippen LogP contribution in [0.3, 0.4) is 0 Å². The predicted octanol–water partition coefficient (Wildman–Crippen LogP) is 4.96. The number of hydrogen-bond donors (Lipinski definition) is 1. The highest BCUT2D eigenvalue weighted by atomic mass is 35.5. The summed E-state index contributed by atoms with van der Waals surface area (Å²) >= 11 is 11.9. The Morgan fingerprint density at radius 1 is 1.10 bits per heavy atom. The molecule has 0 saturated carbocycles. The maximum Gasteiger partial charge on any atom is 0.170 e. The number of halogens is 3. The van der Waals surface area contributed by atoms with E-state index in [9.17, 15) is 9.50 Å². The highest BCUT2D eigenvalue weighted by Crippen LogP contribution is 2.33. The van der Waals surface area contributed by atoms with Gasteiger partial charge in [0.15, 0.2) is 11.4 Å². The van der Waals surface area contributed by atoms with Crippen molar-refractivity contribution in [3.8, 4) is 0 Å². The third-order valence-corrected chi connectivity index (χ3v) is 3.60. The SMILES string of the molecule is OC(c1cc2cccc(F)c2o1)c1ccc(Cl)cc1Cl. The maximum absolute atomic E-state index is 13.6. The molecule has 3 aromatic rings. The smallest absolute Gasteiger partial charge is 0.170 e. The van der Waals surface area contributed by atoms with Gasteiger partial charge in [0.25, 0.3) is 0 Å². The van der Waals surface area contributed by atoms with Gasteiger partial charge in [-0.25, -0.2) is 4.39 Å². The van der Waals surface area contributed by atoms with Gasteiger partial charge in [-0.15, -0.1) is 0 Å². The molecule has 20 heavy (non-hydrogen) atoms. The molecule has 0 spiro atoms. The lowest BCUT2D eigenvalue weighted by atomic mass is 10.1. The van der Waals surface area contributed by atoms with E-state index in [-0.39, 0.29) is 11.3 Å². The van der Waals surface area contributed by atoms with E-state index < -0.39 is 11.9 Å². The Balaban J connectivity index is 2.08. The average molecular weight is 311 g/mol. The fraction of sp³-hybridized carbons (Fsp3) is 0.0667. The first-order valence-corrected chi connectivity index (χ1v) is 6.63. The lowest BCUT2D eigenvalue weighted by molar-refractivity contribution is 0.192. The molecular weight excluding hydrogens is 302 g/mol. The molecule has 5 heteroatoms. The summed E-state index contributed by atoms with van der Waals surface area (Å²) in [6, 6.07) is 10.9. The van der Waals surface area contributed by atoms with Crippen molar-refractivity contribution in [3.05, 3.63) is 69.7 Å². The van der Waals surface area contributed by atoms with E-state index in [4.69, 9.17) is 27.6 Å². The van der Waals surface area contributed by atoms with Crippen molar-refractivity contribution in [1.82, 2.24) is 0 Å². The first-order chi connectivity index (χ1) is 9.56. The van der Waals surface area contributed by atoms with Crippen molar-refractivity contribution < 1.29 is 13.9 Å². The molecule has 1 atom stereocenters. The molecule has 102 valence electrons. The molecule has 2 aromatic carbocycles. The molecule has 1 unspecified atom stereocenters. The van der Waals surface area contributed by atoms with Crippen LogP contribution in [0.5, 0.6) is 0 Å². The number of aliphatic hydroxyl groups excluding tert-OH is 1. The van der Waals surface area contributed by atoms with Crippen LogP contribution < -0.4 is 0 Å². The van der Waals surface area contributed by atoms with Crippen LogP contribution in [-0.4, -0.2) is 5.11 Å². The quantitative estimate of drug-likeness (QED) is 0.725. The second-order valence-electron chi connectivity index (χ2n) is 4.38. The normalized spacial score (nSPS) is 12.8. The number of rotatable bonds is 2. The van der Waals surface area contributed by atoms with E-state index in [1.165, 1.54) is 12.1 Å². The zero-order chi connectivity index (χ0) is 14.3. The number of hydrogen-bond acceptors (Lipinski definition) is 2. The number of furan rings is 1. The van der Waals surface area contributed by atoms with Crippen molar-refractivity contribution in [2.75, 3.05) is 0 Å². The molecule has 0 fully saturated rings. The Morgan fingerprint density at radius 2 is 1.90 bits per heavy atom. The number of benzene rings is 2. The number of fused-ring (bicyclic) bond motifs is 1. The molecule has 0 aliphatic rings. The zero-order valence-corrected chi connectivity index (χ0v) is 11.6. The van der Waals surface area contributed by atoms with Gasteiger partial charge in [0.2, 0.25) is 0 Å². The molecule has 1 heterocycles. The first kappa shape index (κ1) is 13.4. The minimum Gasteiger partial charge on any atom is -0.455 e. The number of aliphatic hydroxyl groups is 1. The summed E-state index contributed by atoms with van der Waals surface area (Å²) in [5, 5.41) is 11.7.